The van der Waals surface area contributed by atoms with Crippen LogP contribution in [0.25, 0.3) is 5.69 Å². The molecule has 0 atom stereocenters. The molecule has 0 saturated heterocycles. The summed E-state index contributed by atoms with van der Waals surface area (Å²) < 4.78 is 1.95. The van der Waals surface area contributed by atoms with Gasteiger partial charge in [-0.2, -0.15) is 0 Å². The van der Waals surface area contributed by atoms with Gasteiger partial charge in [-0.1, -0.05) is 60.6 Å². The van der Waals surface area contributed by atoms with E-state index < -0.39 is 0 Å². The van der Waals surface area contributed by atoms with Crippen LogP contribution in [0.15, 0.2) is 53.9 Å². The number of rotatable bonds is 7. The molecule has 0 aliphatic carbocycles. The van der Waals surface area contributed by atoms with E-state index in [1.54, 1.807) is 6.33 Å². The zero-order valence-corrected chi connectivity index (χ0v) is 16.7. The number of nitrogens with zero attached hydrogens (tertiary/aromatic N) is 3. The molecule has 0 unspecified atom stereocenters. The highest BCUT2D eigenvalue weighted by molar-refractivity contribution is 7.99. The first kappa shape index (κ1) is 19.2. The first-order chi connectivity index (χ1) is 13.1. The third-order valence-electron chi connectivity index (χ3n) is 4.45. The molecule has 27 heavy (non-hydrogen) atoms. The van der Waals surface area contributed by atoms with Crippen molar-refractivity contribution in [1.82, 2.24) is 20.1 Å². The van der Waals surface area contributed by atoms with Crippen molar-refractivity contribution >= 4 is 17.7 Å². The Hall–Kier alpha value is -2.60. The van der Waals surface area contributed by atoms with Crippen LogP contribution in [-0.4, -0.2) is 26.4 Å². The molecule has 2 aromatic carbocycles. The maximum absolute atomic E-state index is 12.3. The third kappa shape index (κ3) is 4.77. The lowest BCUT2D eigenvalue weighted by Gasteiger charge is -2.11. The molecular formula is C21H24N4OS. The van der Waals surface area contributed by atoms with Crippen LogP contribution in [0.2, 0.25) is 0 Å². The Balaban J connectivity index is 1.61. The number of aromatic nitrogens is 3. The van der Waals surface area contributed by atoms with Crippen LogP contribution in [-0.2, 0) is 17.8 Å². The second-order valence-electron chi connectivity index (χ2n) is 6.46. The summed E-state index contributed by atoms with van der Waals surface area (Å²) in [7, 11) is 0. The van der Waals surface area contributed by atoms with Gasteiger partial charge in [0.15, 0.2) is 5.16 Å². The van der Waals surface area contributed by atoms with Crippen molar-refractivity contribution in [2.75, 3.05) is 5.75 Å². The van der Waals surface area contributed by atoms with Crippen molar-refractivity contribution in [3.8, 4) is 5.69 Å². The second kappa shape index (κ2) is 8.86. The smallest absolute Gasteiger partial charge is 0.230 e. The van der Waals surface area contributed by atoms with E-state index in [9.17, 15) is 4.79 Å². The molecule has 5 nitrogen and oxygen atoms in total. The van der Waals surface area contributed by atoms with E-state index >= 15 is 0 Å². The number of carbonyl (C=O) groups is 1. The van der Waals surface area contributed by atoms with Gasteiger partial charge in [-0.15, -0.1) is 10.2 Å². The fourth-order valence-electron chi connectivity index (χ4n) is 2.95. The predicted molar refractivity (Wildman–Crippen MR) is 109 cm³/mol. The Morgan fingerprint density at radius 2 is 1.96 bits per heavy atom. The molecule has 0 radical (unpaired) electrons. The fourth-order valence-corrected chi connectivity index (χ4v) is 3.70. The van der Waals surface area contributed by atoms with E-state index in [-0.39, 0.29) is 5.91 Å². The molecule has 3 rings (SSSR count). The average Bonchev–Trinajstić information content (AvgIpc) is 3.14. The standard InChI is InChI=1S/C21H24N4OS/c1-4-17-7-5-6-8-19(17)25-14-23-24-21(25)27-13-20(26)22-12-18-10-9-15(2)11-16(18)3/h5-11,14H,4,12-13H2,1-3H3,(H,22,26). The summed E-state index contributed by atoms with van der Waals surface area (Å²) >= 11 is 1.39. The summed E-state index contributed by atoms with van der Waals surface area (Å²) in [6.45, 7) is 6.79. The van der Waals surface area contributed by atoms with Gasteiger partial charge in [0.1, 0.15) is 6.33 Å². The summed E-state index contributed by atoms with van der Waals surface area (Å²) in [4.78, 5) is 12.3. The highest BCUT2D eigenvalue weighted by atomic mass is 32.2. The van der Waals surface area contributed by atoms with E-state index in [0.717, 1.165) is 22.8 Å². The number of hydrogen-bond donors (Lipinski definition) is 1. The van der Waals surface area contributed by atoms with Crippen molar-refractivity contribution in [1.29, 1.82) is 0 Å². The Morgan fingerprint density at radius 1 is 1.15 bits per heavy atom. The van der Waals surface area contributed by atoms with Crippen LogP contribution < -0.4 is 5.32 Å². The van der Waals surface area contributed by atoms with Gasteiger partial charge in [0.2, 0.25) is 5.91 Å². The highest BCUT2D eigenvalue weighted by Gasteiger charge is 2.12. The first-order valence-corrected chi connectivity index (χ1v) is 10.0. The zero-order valence-electron chi connectivity index (χ0n) is 15.9. The maximum Gasteiger partial charge on any atom is 0.230 e. The van der Waals surface area contributed by atoms with Gasteiger partial charge in [-0.05, 0) is 43.0 Å². The minimum Gasteiger partial charge on any atom is -0.351 e. The SMILES string of the molecule is CCc1ccccc1-n1cnnc1SCC(=O)NCc1ccc(C)cc1C. The molecule has 1 N–H and O–H groups in total. The number of thioether (sulfide) groups is 1. The average molecular weight is 381 g/mol. The zero-order chi connectivity index (χ0) is 19.2. The molecule has 0 saturated carbocycles. The lowest BCUT2D eigenvalue weighted by Crippen LogP contribution is -2.25. The molecule has 0 spiro atoms. The van der Waals surface area contributed by atoms with Gasteiger partial charge in [0, 0.05) is 6.54 Å². The minimum absolute atomic E-state index is 0.0155. The van der Waals surface area contributed by atoms with Crippen LogP contribution >= 0.6 is 11.8 Å². The van der Waals surface area contributed by atoms with Crippen molar-refractivity contribution in [2.45, 2.75) is 38.9 Å². The van der Waals surface area contributed by atoms with Gasteiger partial charge < -0.3 is 5.32 Å². The molecule has 1 heterocycles. The van der Waals surface area contributed by atoms with Crippen molar-refractivity contribution < 1.29 is 4.79 Å². The van der Waals surface area contributed by atoms with Gasteiger partial charge >= 0.3 is 0 Å². The predicted octanol–water partition coefficient (Wildman–Crippen LogP) is 3.86. The number of carbonyl (C=O) groups excluding carboxylic acids is 1. The molecule has 1 aromatic heterocycles. The summed E-state index contributed by atoms with van der Waals surface area (Å²) in [5.74, 6) is 0.288. The number of amides is 1. The molecule has 0 aliphatic rings. The number of para-hydroxylation sites is 1. The maximum atomic E-state index is 12.3. The molecule has 1 amide bonds. The van der Waals surface area contributed by atoms with Crippen LogP contribution in [0.5, 0.6) is 0 Å². The quantitative estimate of drug-likeness (QED) is 0.633. The lowest BCUT2D eigenvalue weighted by atomic mass is 10.1. The van der Waals surface area contributed by atoms with Gasteiger partial charge in [0.05, 0.1) is 11.4 Å². The largest absolute Gasteiger partial charge is 0.351 e. The Morgan fingerprint density at radius 3 is 2.74 bits per heavy atom. The normalized spacial score (nSPS) is 10.8. The lowest BCUT2D eigenvalue weighted by molar-refractivity contribution is -0.118. The topological polar surface area (TPSA) is 59.8 Å². The summed E-state index contributed by atoms with van der Waals surface area (Å²) in [5.41, 5.74) is 5.84. The third-order valence-corrected chi connectivity index (χ3v) is 5.40. The first-order valence-electron chi connectivity index (χ1n) is 9.02. The van der Waals surface area contributed by atoms with E-state index in [0.29, 0.717) is 12.3 Å². The molecule has 0 aliphatic heterocycles. The van der Waals surface area contributed by atoms with Gasteiger partial charge in [0.25, 0.3) is 0 Å². The number of aryl methyl sites for hydroxylation is 3. The molecule has 140 valence electrons. The molecule has 0 fully saturated rings. The summed E-state index contributed by atoms with van der Waals surface area (Å²) in [5, 5.41) is 11.9. The number of hydrogen-bond acceptors (Lipinski definition) is 4. The summed E-state index contributed by atoms with van der Waals surface area (Å²) in [6.07, 6.45) is 2.62. The Kier molecular flexibility index (Phi) is 6.29. The monoisotopic (exact) mass is 380 g/mol. The van der Waals surface area contributed by atoms with E-state index in [1.165, 1.54) is 28.5 Å². The second-order valence-corrected chi connectivity index (χ2v) is 7.40. The Bertz CT molecular complexity index is 935. The molecule has 0 bridgehead atoms. The number of benzene rings is 2. The molecular weight excluding hydrogens is 356 g/mol. The van der Waals surface area contributed by atoms with Crippen molar-refractivity contribution in [3.05, 3.63) is 71.0 Å². The van der Waals surface area contributed by atoms with Crippen LogP contribution in [0.1, 0.15) is 29.2 Å². The van der Waals surface area contributed by atoms with E-state index in [2.05, 4.69) is 60.6 Å². The van der Waals surface area contributed by atoms with Crippen LogP contribution in [0, 0.1) is 13.8 Å². The molecule has 3 aromatic rings. The van der Waals surface area contributed by atoms with Crippen LogP contribution in [0.3, 0.4) is 0 Å². The summed E-state index contributed by atoms with van der Waals surface area (Å²) in [6, 6.07) is 14.4. The Labute approximate surface area is 164 Å². The van der Waals surface area contributed by atoms with E-state index in [1.807, 2.05) is 22.8 Å². The number of nitrogens with one attached hydrogen (secondary N) is 1. The highest BCUT2D eigenvalue weighted by Crippen LogP contribution is 2.22. The molecule has 6 heteroatoms. The van der Waals surface area contributed by atoms with E-state index in [4.69, 9.17) is 0 Å². The van der Waals surface area contributed by atoms with Crippen molar-refractivity contribution in [2.24, 2.45) is 0 Å². The van der Waals surface area contributed by atoms with Gasteiger partial charge in [-0.25, -0.2) is 0 Å². The fraction of sp³-hybridized carbons (Fsp3) is 0.286. The van der Waals surface area contributed by atoms with Gasteiger partial charge in [-0.3, -0.25) is 9.36 Å². The van der Waals surface area contributed by atoms with Crippen LogP contribution in [0.4, 0.5) is 0 Å². The minimum atomic E-state index is -0.0155. The van der Waals surface area contributed by atoms with Crippen molar-refractivity contribution in [3.63, 3.8) is 0 Å².